The highest BCUT2D eigenvalue weighted by Gasteiger charge is 1.99. The van der Waals surface area contributed by atoms with Gasteiger partial charge in [0.05, 0.1) is 15.7 Å². The second-order valence-electron chi connectivity index (χ2n) is 3.16. The van der Waals surface area contributed by atoms with Crippen LogP contribution in [0.4, 0.5) is 5.82 Å². The number of hydrogen-bond donors (Lipinski definition) is 1. The molecule has 0 amide bonds. The summed E-state index contributed by atoms with van der Waals surface area (Å²) in [6, 6.07) is 9.32. The van der Waals surface area contributed by atoms with Gasteiger partial charge in [-0.2, -0.15) is 0 Å². The van der Waals surface area contributed by atoms with Crippen molar-refractivity contribution in [3.05, 3.63) is 47.2 Å². The average molecular weight is 252 g/mol. The number of thioether (sulfide) groups is 1. The van der Waals surface area contributed by atoms with Crippen molar-refractivity contribution in [1.82, 2.24) is 9.97 Å². The maximum absolute atomic E-state index is 5.75. The Bertz CT molecular complexity index is 473. The summed E-state index contributed by atoms with van der Waals surface area (Å²) in [5, 5.41) is 1.57. The molecule has 82 valence electrons. The molecule has 0 unspecified atom stereocenters. The first kappa shape index (κ1) is 11.2. The molecule has 0 radical (unpaired) electrons. The predicted octanol–water partition coefficient (Wildman–Crippen LogP) is 3.00. The Morgan fingerprint density at radius 2 is 2.12 bits per heavy atom. The molecule has 2 aromatic rings. The number of nitrogens with two attached hydrogens (primary N) is 1. The summed E-state index contributed by atoms with van der Waals surface area (Å²) in [6.45, 7) is 0. The molecule has 0 saturated heterocycles. The molecule has 0 aliphatic rings. The molecule has 0 aromatic carbocycles. The van der Waals surface area contributed by atoms with Crippen molar-refractivity contribution in [3.63, 3.8) is 0 Å². The minimum atomic E-state index is 0.544. The molecule has 0 aliphatic heterocycles. The Morgan fingerprint density at radius 1 is 1.25 bits per heavy atom. The van der Waals surface area contributed by atoms with Crippen LogP contribution in [0.1, 0.15) is 5.69 Å². The molecule has 16 heavy (non-hydrogen) atoms. The van der Waals surface area contributed by atoms with Crippen molar-refractivity contribution in [3.8, 4) is 0 Å². The van der Waals surface area contributed by atoms with E-state index in [4.69, 9.17) is 17.3 Å². The zero-order valence-electron chi connectivity index (χ0n) is 8.43. The number of nitrogens with zero attached hydrogens (tertiary/aromatic N) is 2. The summed E-state index contributed by atoms with van der Waals surface area (Å²) in [5.74, 6) is 1.29. The van der Waals surface area contributed by atoms with Gasteiger partial charge in [0.2, 0.25) is 0 Å². The first-order valence-electron chi connectivity index (χ1n) is 4.70. The van der Waals surface area contributed by atoms with Crippen molar-refractivity contribution in [2.75, 3.05) is 5.73 Å². The van der Waals surface area contributed by atoms with Crippen LogP contribution in [0.3, 0.4) is 0 Å². The fraction of sp³-hybridized carbons (Fsp3) is 0.0909. The third-order valence-corrected chi connectivity index (χ3v) is 3.10. The van der Waals surface area contributed by atoms with E-state index >= 15 is 0 Å². The van der Waals surface area contributed by atoms with E-state index in [-0.39, 0.29) is 0 Å². The molecule has 2 aromatic heterocycles. The summed E-state index contributed by atoms with van der Waals surface area (Å²) in [5.41, 5.74) is 6.54. The van der Waals surface area contributed by atoms with Crippen LogP contribution >= 0.6 is 23.4 Å². The first-order chi connectivity index (χ1) is 7.74. The molecular weight excluding hydrogens is 242 g/mol. The van der Waals surface area contributed by atoms with Crippen molar-refractivity contribution < 1.29 is 0 Å². The molecular formula is C11H10ClN3S. The molecule has 0 spiro atoms. The Hall–Kier alpha value is -1.26. The van der Waals surface area contributed by atoms with Crippen LogP contribution in [-0.2, 0) is 5.75 Å². The van der Waals surface area contributed by atoms with Crippen LogP contribution < -0.4 is 5.73 Å². The van der Waals surface area contributed by atoms with Crippen LogP contribution in [0.2, 0.25) is 5.02 Å². The van der Waals surface area contributed by atoms with Crippen molar-refractivity contribution >= 4 is 29.2 Å². The quantitative estimate of drug-likeness (QED) is 0.852. The number of halogens is 1. The molecule has 0 fully saturated rings. The number of rotatable bonds is 3. The minimum absolute atomic E-state index is 0.544. The van der Waals surface area contributed by atoms with Crippen molar-refractivity contribution in [1.29, 1.82) is 0 Å². The van der Waals surface area contributed by atoms with E-state index in [1.165, 1.54) is 0 Å². The van der Waals surface area contributed by atoms with Crippen LogP contribution in [0.25, 0.3) is 0 Å². The van der Waals surface area contributed by atoms with E-state index in [2.05, 4.69) is 9.97 Å². The van der Waals surface area contributed by atoms with E-state index in [9.17, 15) is 0 Å². The van der Waals surface area contributed by atoms with E-state index in [0.29, 0.717) is 10.8 Å². The smallest absolute Gasteiger partial charge is 0.123 e. The summed E-state index contributed by atoms with van der Waals surface area (Å²) in [6.07, 6.45) is 1.64. The highest BCUT2D eigenvalue weighted by Crippen LogP contribution is 2.21. The standard InChI is InChI=1S/C11H10ClN3S/c12-8-4-5-11(14-6-8)16-7-9-2-1-3-10(13)15-9/h1-6H,7H2,(H2,13,15). The van der Waals surface area contributed by atoms with Gasteiger partial charge in [-0.25, -0.2) is 9.97 Å². The molecule has 3 nitrogen and oxygen atoms in total. The van der Waals surface area contributed by atoms with Gasteiger partial charge >= 0.3 is 0 Å². The van der Waals surface area contributed by atoms with Crippen LogP contribution in [0.15, 0.2) is 41.6 Å². The molecule has 2 N–H and O–H groups in total. The fourth-order valence-electron chi connectivity index (χ4n) is 1.17. The lowest BCUT2D eigenvalue weighted by Crippen LogP contribution is -1.93. The maximum atomic E-state index is 5.75. The number of aromatic nitrogens is 2. The number of pyridine rings is 2. The van der Waals surface area contributed by atoms with Gasteiger partial charge in [-0.3, -0.25) is 0 Å². The number of hydrogen-bond acceptors (Lipinski definition) is 4. The molecule has 0 atom stereocenters. The maximum Gasteiger partial charge on any atom is 0.123 e. The Balaban J connectivity index is 1.99. The third-order valence-electron chi connectivity index (χ3n) is 1.90. The molecule has 5 heteroatoms. The third kappa shape index (κ3) is 3.12. The monoisotopic (exact) mass is 251 g/mol. The lowest BCUT2D eigenvalue weighted by Gasteiger charge is -2.01. The van der Waals surface area contributed by atoms with Crippen LogP contribution in [0, 0.1) is 0 Å². The average Bonchev–Trinajstić information content (AvgIpc) is 2.28. The highest BCUT2D eigenvalue weighted by atomic mass is 35.5. The molecule has 2 heterocycles. The minimum Gasteiger partial charge on any atom is -0.384 e. The Morgan fingerprint density at radius 3 is 2.81 bits per heavy atom. The lowest BCUT2D eigenvalue weighted by molar-refractivity contribution is 1.12. The van der Waals surface area contributed by atoms with E-state index < -0.39 is 0 Å². The molecule has 0 bridgehead atoms. The van der Waals surface area contributed by atoms with Gasteiger partial charge in [0.15, 0.2) is 0 Å². The van der Waals surface area contributed by atoms with Gasteiger partial charge in [-0.15, -0.1) is 11.8 Å². The lowest BCUT2D eigenvalue weighted by atomic mass is 10.4. The molecule has 2 rings (SSSR count). The zero-order chi connectivity index (χ0) is 11.4. The summed E-state index contributed by atoms with van der Waals surface area (Å²) in [4.78, 5) is 8.40. The summed E-state index contributed by atoms with van der Waals surface area (Å²) < 4.78 is 0. The largest absolute Gasteiger partial charge is 0.384 e. The fourth-order valence-corrected chi connectivity index (χ4v) is 2.03. The van der Waals surface area contributed by atoms with Crippen molar-refractivity contribution in [2.24, 2.45) is 0 Å². The summed E-state index contributed by atoms with van der Waals surface area (Å²) in [7, 11) is 0. The second kappa shape index (κ2) is 5.18. The first-order valence-corrected chi connectivity index (χ1v) is 6.06. The van der Waals surface area contributed by atoms with E-state index in [1.807, 2.05) is 24.3 Å². The second-order valence-corrected chi connectivity index (χ2v) is 4.59. The normalized spacial score (nSPS) is 10.3. The van der Waals surface area contributed by atoms with Crippen molar-refractivity contribution in [2.45, 2.75) is 10.8 Å². The molecule has 0 saturated carbocycles. The van der Waals surface area contributed by atoms with Crippen LogP contribution in [-0.4, -0.2) is 9.97 Å². The molecule has 0 aliphatic carbocycles. The number of nitrogen functional groups attached to an aromatic ring is 1. The number of anilines is 1. The van der Waals surface area contributed by atoms with E-state index in [1.54, 1.807) is 24.0 Å². The van der Waals surface area contributed by atoms with Gasteiger partial charge in [0, 0.05) is 11.9 Å². The SMILES string of the molecule is Nc1cccc(CSc2ccc(Cl)cn2)n1. The van der Waals surface area contributed by atoms with Gasteiger partial charge in [0.1, 0.15) is 5.82 Å². The Kier molecular flexibility index (Phi) is 3.64. The van der Waals surface area contributed by atoms with E-state index in [0.717, 1.165) is 16.5 Å². The summed E-state index contributed by atoms with van der Waals surface area (Å²) >= 11 is 7.35. The van der Waals surface area contributed by atoms with Gasteiger partial charge in [-0.05, 0) is 24.3 Å². The van der Waals surface area contributed by atoms with Gasteiger partial charge in [0.25, 0.3) is 0 Å². The Labute approximate surface area is 103 Å². The topological polar surface area (TPSA) is 51.8 Å². The zero-order valence-corrected chi connectivity index (χ0v) is 10.0. The highest BCUT2D eigenvalue weighted by molar-refractivity contribution is 7.98. The van der Waals surface area contributed by atoms with Gasteiger partial charge in [-0.1, -0.05) is 17.7 Å². The predicted molar refractivity (Wildman–Crippen MR) is 67.5 cm³/mol. The van der Waals surface area contributed by atoms with Crippen LogP contribution in [0.5, 0.6) is 0 Å². The van der Waals surface area contributed by atoms with Gasteiger partial charge < -0.3 is 5.73 Å².